The molecular formula is C12H18N2O. The third-order valence-corrected chi connectivity index (χ3v) is 2.40. The van der Waals surface area contributed by atoms with Crippen molar-refractivity contribution in [2.24, 2.45) is 11.5 Å². The lowest BCUT2D eigenvalue weighted by Gasteiger charge is -2.07. The Balaban J connectivity index is 2.55. The lowest BCUT2D eigenvalue weighted by atomic mass is 10.00. The van der Waals surface area contributed by atoms with Gasteiger partial charge < -0.3 is 11.5 Å². The van der Waals surface area contributed by atoms with Gasteiger partial charge in [-0.3, -0.25) is 4.79 Å². The molecule has 4 N–H and O–H groups in total. The van der Waals surface area contributed by atoms with Gasteiger partial charge in [-0.05, 0) is 36.9 Å². The van der Waals surface area contributed by atoms with Crippen LogP contribution in [0.4, 0.5) is 0 Å². The van der Waals surface area contributed by atoms with Crippen LogP contribution in [0.5, 0.6) is 0 Å². The summed E-state index contributed by atoms with van der Waals surface area (Å²) in [7, 11) is 0. The van der Waals surface area contributed by atoms with Crippen LogP contribution in [0.25, 0.3) is 0 Å². The summed E-state index contributed by atoms with van der Waals surface area (Å²) >= 11 is 0. The molecule has 1 amide bonds. The summed E-state index contributed by atoms with van der Waals surface area (Å²) in [6.07, 6.45) is 3.07. The van der Waals surface area contributed by atoms with Gasteiger partial charge in [0.15, 0.2) is 0 Å². The average Bonchev–Trinajstić information content (AvgIpc) is 2.20. The number of aryl methyl sites for hydroxylation is 1. The number of nitrogens with two attached hydrogens (primary N) is 2. The monoisotopic (exact) mass is 206 g/mol. The minimum absolute atomic E-state index is 0.230. The number of benzene rings is 1. The van der Waals surface area contributed by atoms with Gasteiger partial charge >= 0.3 is 0 Å². The van der Waals surface area contributed by atoms with Gasteiger partial charge in [0, 0.05) is 6.42 Å². The summed E-state index contributed by atoms with van der Waals surface area (Å²) in [5.74, 6) is -0.230. The predicted molar refractivity (Wildman–Crippen MR) is 61.3 cm³/mol. The molecule has 0 heterocycles. The zero-order valence-electron chi connectivity index (χ0n) is 8.91. The molecule has 0 unspecified atom stereocenters. The molecule has 0 aliphatic carbocycles. The van der Waals surface area contributed by atoms with Gasteiger partial charge in [0.2, 0.25) is 5.91 Å². The van der Waals surface area contributed by atoms with Gasteiger partial charge in [-0.25, -0.2) is 0 Å². The molecule has 0 fully saturated rings. The molecule has 1 aromatic rings. The Kier molecular flexibility index (Phi) is 4.84. The number of carbonyl (C=O) groups excluding carboxylic acids is 1. The van der Waals surface area contributed by atoms with E-state index < -0.39 is 0 Å². The van der Waals surface area contributed by atoms with Gasteiger partial charge in [0.05, 0.1) is 0 Å². The third kappa shape index (κ3) is 4.13. The Labute approximate surface area is 90.5 Å². The van der Waals surface area contributed by atoms with E-state index in [4.69, 9.17) is 11.5 Å². The smallest absolute Gasteiger partial charge is 0.217 e. The fourth-order valence-electron chi connectivity index (χ4n) is 1.65. The summed E-state index contributed by atoms with van der Waals surface area (Å²) in [6, 6.07) is 8.21. The molecule has 0 aliphatic heterocycles. The molecule has 1 rings (SSSR count). The van der Waals surface area contributed by atoms with E-state index in [1.54, 1.807) is 0 Å². The van der Waals surface area contributed by atoms with Gasteiger partial charge in [-0.15, -0.1) is 0 Å². The number of carbonyl (C=O) groups is 1. The van der Waals surface area contributed by atoms with Crippen molar-refractivity contribution in [1.29, 1.82) is 0 Å². The van der Waals surface area contributed by atoms with Crippen LogP contribution in [0.1, 0.15) is 24.0 Å². The molecule has 0 aromatic heterocycles. The van der Waals surface area contributed by atoms with Crippen LogP contribution in [-0.2, 0) is 17.6 Å². The van der Waals surface area contributed by atoms with Crippen molar-refractivity contribution in [1.82, 2.24) is 0 Å². The molecule has 1 aromatic carbocycles. The predicted octanol–water partition coefficient (Wildman–Crippen LogP) is 0.996. The fraction of sp³-hybridized carbons (Fsp3) is 0.417. The molecule has 0 saturated carbocycles. The van der Waals surface area contributed by atoms with E-state index in [1.165, 1.54) is 11.1 Å². The van der Waals surface area contributed by atoms with Crippen molar-refractivity contribution in [3.8, 4) is 0 Å². The van der Waals surface area contributed by atoms with Crippen LogP contribution in [0, 0.1) is 0 Å². The second-order valence-electron chi connectivity index (χ2n) is 3.63. The molecule has 82 valence electrons. The van der Waals surface area contributed by atoms with E-state index in [-0.39, 0.29) is 5.91 Å². The van der Waals surface area contributed by atoms with E-state index in [9.17, 15) is 4.79 Å². The maximum Gasteiger partial charge on any atom is 0.217 e. The summed E-state index contributed by atoms with van der Waals surface area (Å²) in [4.78, 5) is 10.6. The van der Waals surface area contributed by atoms with Crippen molar-refractivity contribution >= 4 is 5.91 Å². The average molecular weight is 206 g/mol. The molecule has 0 atom stereocenters. The van der Waals surface area contributed by atoms with Crippen LogP contribution in [0.2, 0.25) is 0 Å². The van der Waals surface area contributed by atoms with Crippen molar-refractivity contribution in [3.05, 3.63) is 35.4 Å². The molecule has 0 saturated heterocycles. The van der Waals surface area contributed by atoms with Gasteiger partial charge in [0.25, 0.3) is 0 Å². The van der Waals surface area contributed by atoms with Crippen LogP contribution in [0.15, 0.2) is 24.3 Å². The normalized spacial score (nSPS) is 10.2. The quantitative estimate of drug-likeness (QED) is 0.729. The summed E-state index contributed by atoms with van der Waals surface area (Å²) in [5.41, 5.74) is 13.2. The fourth-order valence-corrected chi connectivity index (χ4v) is 1.65. The molecule has 15 heavy (non-hydrogen) atoms. The number of amides is 1. The summed E-state index contributed by atoms with van der Waals surface area (Å²) in [5, 5.41) is 0. The Morgan fingerprint density at radius 2 is 1.73 bits per heavy atom. The van der Waals surface area contributed by atoms with Gasteiger partial charge in [-0.1, -0.05) is 24.3 Å². The zero-order valence-corrected chi connectivity index (χ0v) is 8.91. The van der Waals surface area contributed by atoms with Crippen molar-refractivity contribution in [2.45, 2.75) is 25.7 Å². The molecule has 3 nitrogen and oxygen atoms in total. The number of primary amides is 1. The molecule has 0 aliphatic rings. The minimum Gasteiger partial charge on any atom is -0.370 e. The second kappa shape index (κ2) is 6.19. The molecule has 0 bridgehead atoms. The topological polar surface area (TPSA) is 69.1 Å². The number of hydrogen-bond donors (Lipinski definition) is 2. The third-order valence-electron chi connectivity index (χ3n) is 2.40. The second-order valence-corrected chi connectivity index (χ2v) is 3.63. The highest BCUT2D eigenvalue weighted by Gasteiger charge is 2.01. The first kappa shape index (κ1) is 11.7. The van der Waals surface area contributed by atoms with E-state index in [0.29, 0.717) is 13.0 Å². The van der Waals surface area contributed by atoms with Gasteiger partial charge in [0.1, 0.15) is 0 Å². The molecule has 3 heteroatoms. The van der Waals surface area contributed by atoms with Crippen LogP contribution in [0.3, 0.4) is 0 Å². The van der Waals surface area contributed by atoms with Crippen LogP contribution in [-0.4, -0.2) is 12.5 Å². The molecular weight excluding hydrogens is 188 g/mol. The lowest BCUT2D eigenvalue weighted by Crippen LogP contribution is -2.10. The maximum atomic E-state index is 10.6. The largest absolute Gasteiger partial charge is 0.370 e. The van der Waals surface area contributed by atoms with Gasteiger partial charge in [-0.2, -0.15) is 0 Å². The summed E-state index contributed by atoms with van der Waals surface area (Å²) in [6.45, 7) is 0.660. The number of rotatable bonds is 6. The highest BCUT2D eigenvalue weighted by atomic mass is 16.1. The van der Waals surface area contributed by atoms with Crippen LogP contribution >= 0.6 is 0 Å². The number of hydrogen-bond acceptors (Lipinski definition) is 2. The lowest BCUT2D eigenvalue weighted by molar-refractivity contribution is -0.118. The maximum absolute atomic E-state index is 10.6. The Morgan fingerprint density at radius 1 is 1.13 bits per heavy atom. The first-order chi connectivity index (χ1) is 7.24. The SMILES string of the molecule is NCCc1ccccc1CCCC(N)=O. The Morgan fingerprint density at radius 3 is 2.27 bits per heavy atom. The van der Waals surface area contributed by atoms with Crippen molar-refractivity contribution in [3.63, 3.8) is 0 Å². The highest BCUT2D eigenvalue weighted by Crippen LogP contribution is 2.12. The van der Waals surface area contributed by atoms with E-state index in [0.717, 1.165) is 19.3 Å². The first-order valence-corrected chi connectivity index (χ1v) is 5.29. The highest BCUT2D eigenvalue weighted by molar-refractivity contribution is 5.73. The zero-order chi connectivity index (χ0) is 11.1. The van der Waals surface area contributed by atoms with Crippen molar-refractivity contribution in [2.75, 3.05) is 6.54 Å². The van der Waals surface area contributed by atoms with Crippen molar-refractivity contribution < 1.29 is 4.79 Å². The molecule has 0 radical (unpaired) electrons. The van der Waals surface area contributed by atoms with E-state index in [2.05, 4.69) is 12.1 Å². The van der Waals surface area contributed by atoms with Crippen LogP contribution < -0.4 is 11.5 Å². The van der Waals surface area contributed by atoms with E-state index in [1.807, 2.05) is 12.1 Å². The Bertz CT molecular complexity index is 323. The standard InChI is InChI=1S/C12H18N2O/c13-9-8-11-5-2-1-4-10(11)6-3-7-12(14)15/h1-2,4-5H,3,6-9,13H2,(H2,14,15). The first-order valence-electron chi connectivity index (χ1n) is 5.29. The summed E-state index contributed by atoms with van der Waals surface area (Å²) < 4.78 is 0. The Hall–Kier alpha value is -1.35. The molecule has 0 spiro atoms. The van der Waals surface area contributed by atoms with E-state index >= 15 is 0 Å². The minimum atomic E-state index is -0.230.